The van der Waals surface area contributed by atoms with Crippen molar-refractivity contribution in [1.29, 1.82) is 0 Å². The lowest BCUT2D eigenvalue weighted by Crippen LogP contribution is -2.79. The van der Waals surface area contributed by atoms with Crippen molar-refractivity contribution in [2.45, 2.75) is 51.0 Å². The highest BCUT2D eigenvalue weighted by Crippen LogP contribution is 2.38. The number of carbonyl (C=O) groups excluding carboxylic acids is 2. The molecular weight excluding hydrogens is 685 g/mol. The molecule has 4 aliphatic rings. The molecule has 3 aromatic rings. The fourth-order valence-electron chi connectivity index (χ4n) is 6.76. The number of methoxy groups -OCH3 is 2. The molecule has 0 spiro atoms. The van der Waals surface area contributed by atoms with Crippen LogP contribution in [0.5, 0.6) is 11.5 Å². The number of hydrogen-bond donors (Lipinski definition) is 2. The van der Waals surface area contributed by atoms with E-state index in [1.807, 2.05) is 54.8 Å². The van der Waals surface area contributed by atoms with E-state index >= 15 is 0 Å². The van der Waals surface area contributed by atoms with Crippen LogP contribution in [0.4, 0.5) is 0 Å². The molecule has 4 aliphatic heterocycles. The van der Waals surface area contributed by atoms with Crippen molar-refractivity contribution in [3.05, 3.63) is 103 Å². The highest BCUT2D eigenvalue weighted by atomic mass is 35.5. The summed E-state index contributed by atoms with van der Waals surface area (Å²) in [5.74, 6) is 0.733. The quantitative estimate of drug-likeness (QED) is 0.208. The number of hydrogen-bond acceptors (Lipinski definition) is 9. The number of thiophene rings is 1. The maximum absolute atomic E-state index is 13.7. The van der Waals surface area contributed by atoms with Gasteiger partial charge in [-0.05, 0) is 79.7 Å². The fourth-order valence-corrected chi connectivity index (χ4v) is 8.20. The number of aryl methyl sites for hydroxylation is 1. The highest BCUT2D eigenvalue weighted by Gasteiger charge is 2.38. The molecule has 3 N–H and O–H groups in total. The molecule has 3 fully saturated rings. The molecule has 12 heteroatoms. The summed E-state index contributed by atoms with van der Waals surface area (Å²) in [6, 6.07) is 16.2. The molecule has 2 bridgehead atoms. The third-order valence-electron chi connectivity index (χ3n) is 9.54. The van der Waals surface area contributed by atoms with Crippen molar-refractivity contribution in [3.8, 4) is 11.5 Å². The normalized spacial score (nSPS) is 21.5. The number of piperidine rings is 3. The van der Waals surface area contributed by atoms with Gasteiger partial charge in [0, 0.05) is 30.0 Å². The van der Waals surface area contributed by atoms with Crippen molar-refractivity contribution in [2.75, 3.05) is 40.4 Å². The van der Waals surface area contributed by atoms with Gasteiger partial charge in [-0.25, -0.2) is 9.59 Å². The third kappa shape index (κ3) is 8.33. The Morgan fingerprint density at radius 3 is 2.51 bits per heavy atom. The topological polar surface area (TPSA) is 103 Å². The summed E-state index contributed by atoms with van der Waals surface area (Å²) in [5, 5.41) is 6.45. The molecule has 9 nitrogen and oxygen atoms in total. The lowest BCUT2D eigenvalue weighted by molar-refractivity contribution is -0.580. The second-order valence-electron chi connectivity index (χ2n) is 12.6. The first-order chi connectivity index (χ1) is 23.7. The zero-order chi connectivity index (χ0) is 34.5. The van der Waals surface area contributed by atoms with Gasteiger partial charge in [-0.3, -0.25) is 10.2 Å². The molecule has 0 amide bonds. The van der Waals surface area contributed by atoms with Crippen LogP contribution >= 0.6 is 34.5 Å². The van der Waals surface area contributed by atoms with Gasteiger partial charge >= 0.3 is 11.9 Å². The lowest BCUT2D eigenvalue weighted by atomic mass is 9.86. The fraction of sp³-hybridized carbons (Fsp3) is 0.405. The predicted octanol–water partition coefficient (Wildman–Crippen LogP) is 5.98. The Labute approximate surface area is 301 Å². The van der Waals surface area contributed by atoms with Crippen LogP contribution < -0.4 is 20.1 Å². The van der Waals surface area contributed by atoms with Crippen molar-refractivity contribution in [2.24, 2.45) is 5.92 Å². The van der Waals surface area contributed by atoms with Gasteiger partial charge in [0.1, 0.15) is 35.9 Å². The number of fused-ring (bicyclic) bond motifs is 3. The summed E-state index contributed by atoms with van der Waals surface area (Å²) >= 11 is 14.4. The van der Waals surface area contributed by atoms with E-state index in [9.17, 15) is 9.59 Å². The summed E-state index contributed by atoms with van der Waals surface area (Å²) in [4.78, 5) is 31.0. The first-order valence-electron chi connectivity index (χ1n) is 16.5. The molecule has 7 rings (SSSR count). The minimum absolute atomic E-state index is 0.0900. The number of nitrogens with zero attached hydrogens (tertiary/aromatic N) is 1. The third-order valence-corrected chi connectivity index (χ3v) is 11.3. The molecule has 5 heterocycles. The van der Waals surface area contributed by atoms with Crippen LogP contribution in [0.15, 0.2) is 76.4 Å². The average Bonchev–Trinajstić information content (AvgIpc) is 3.59. The summed E-state index contributed by atoms with van der Waals surface area (Å²) in [6.45, 7) is 5.86. The smallest absolute Gasteiger partial charge is 0.348 e. The Hall–Kier alpha value is -3.38. The first-order valence-corrected chi connectivity index (χ1v) is 18.1. The molecule has 49 heavy (non-hydrogen) atoms. The summed E-state index contributed by atoms with van der Waals surface area (Å²) in [6.07, 6.45) is 3.43. The number of carbonyl (C=O) groups is 2. The van der Waals surface area contributed by atoms with Crippen LogP contribution in [0.3, 0.4) is 0 Å². The number of esters is 2. The predicted molar refractivity (Wildman–Crippen MR) is 190 cm³/mol. The van der Waals surface area contributed by atoms with E-state index in [1.165, 1.54) is 11.3 Å². The second-order valence-corrected chi connectivity index (χ2v) is 14.6. The van der Waals surface area contributed by atoms with Crippen molar-refractivity contribution in [3.63, 3.8) is 0 Å². The van der Waals surface area contributed by atoms with Crippen molar-refractivity contribution in [1.82, 2.24) is 10.2 Å². The zero-order valence-electron chi connectivity index (χ0n) is 27.9. The Morgan fingerprint density at radius 1 is 1.04 bits per heavy atom. The van der Waals surface area contributed by atoms with E-state index in [2.05, 4.69) is 10.2 Å². The van der Waals surface area contributed by atoms with Gasteiger partial charge in [-0.2, -0.15) is 0 Å². The minimum Gasteiger partial charge on any atom is -0.493 e. The van der Waals surface area contributed by atoms with E-state index in [0.717, 1.165) is 54.1 Å². The number of nitrogens with two attached hydrogens (primary N) is 1. The van der Waals surface area contributed by atoms with Crippen LogP contribution in [-0.2, 0) is 20.8 Å². The SMILES string of the molecule is COc1ccc([C@H](CC2=C(Cl)C[NH2+]C=C2Cl)OC(=O)c2ccc(CNC(C(=O)O[C@H]3CN4CCC3CC4)c3ccccc3C)s2)cc1OC. The number of halogens is 2. The van der Waals surface area contributed by atoms with Gasteiger partial charge in [0.25, 0.3) is 0 Å². The van der Waals surface area contributed by atoms with E-state index in [4.69, 9.17) is 42.1 Å². The summed E-state index contributed by atoms with van der Waals surface area (Å²) in [7, 11) is 3.12. The molecule has 0 radical (unpaired) electrons. The summed E-state index contributed by atoms with van der Waals surface area (Å²) < 4.78 is 23.3. The van der Waals surface area contributed by atoms with Crippen LogP contribution in [0.1, 0.15) is 62.6 Å². The number of rotatable bonds is 13. The van der Waals surface area contributed by atoms with Gasteiger partial charge < -0.3 is 24.3 Å². The second kappa shape index (κ2) is 16.1. The van der Waals surface area contributed by atoms with Gasteiger partial charge in [0.2, 0.25) is 0 Å². The Kier molecular flexibility index (Phi) is 11.6. The van der Waals surface area contributed by atoms with Crippen LogP contribution in [0, 0.1) is 12.8 Å². The monoisotopic (exact) mass is 726 g/mol. The maximum atomic E-state index is 13.7. The Morgan fingerprint density at radius 2 is 1.82 bits per heavy atom. The van der Waals surface area contributed by atoms with Crippen LogP contribution in [-0.4, -0.2) is 63.3 Å². The molecule has 3 saturated heterocycles. The number of ether oxygens (including phenoxy) is 4. The van der Waals surface area contributed by atoms with Gasteiger partial charge in [-0.15, -0.1) is 11.3 Å². The Bertz CT molecular complexity index is 1730. The van der Waals surface area contributed by atoms with E-state index < -0.39 is 18.1 Å². The number of quaternary nitrogens is 1. The van der Waals surface area contributed by atoms with Crippen LogP contribution in [0.2, 0.25) is 0 Å². The number of allylic oxidation sites excluding steroid dienone is 1. The van der Waals surface area contributed by atoms with E-state index in [1.54, 1.807) is 32.4 Å². The van der Waals surface area contributed by atoms with Gasteiger partial charge in [0.15, 0.2) is 11.5 Å². The van der Waals surface area contributed by atoms with Crippen LogP contribution in [0.25, 0.3) is 0 Å². The molecule has 0 aliphatic carbocycles. The number of nitrogens with one attached hydrogen (secondary N) is 1. The Balaban J connectivity index is 1.17. The molecule has 0 saturated carbocycles. The molecule has 2 aromatic carbocycles. The number of benzene rings is 2. The van der Waals surface area contributed by atoms with Crippen molar-refractivity contribution < 1.29 is 33.9 Å². The zero-order valence-corrected chi connectivity index (χ0v) is 30.2. The first kappa shape index (κ1) is 35.4. The average molecular weight is 728 g/mol. The maximum Gasteiger partial charge on any atom is 0.348 e. The highest BCUT2D eigenvalue weighted by molar-refractivity contribution is 7.13. The largest absolute Gasteiger partial charge is 0.493 e. The lowest BCUT2D eigenvalue weighted by Gasteiger charge is -2.44. The standard InChI is InChI=1S/C37H41Cl2N3O6S/c1-22-6-4-5-7-26(22)35(37(44)48-33-21-42-14-12-23(33)13-15-42)41-18-25-9-11-34(49-25)36(43)47-31(17-27-28(38)19-40-20-29(27)39)24-8-10-30(45-2)32(16-24)46-3/h4-11,16,19,23,31,33,35,40-41H,12-15,17-18,20-21H2,1-3H3/p+1/t31-,33-,35?/m0/s1. The van der Waals surface area contributed by atoms with E-state index in [0.29, 0.717) is 51.0 Å². The van der Waals surface area contributed by atoms with E-state index in [-0.39, 0.29) is 18.5 Å². The van der Waals surface area contributed by atoms with Gasteiger partial charge in [-0.1, -0.05) is 53.5 Å². The molecule has 260 valence electrons. The molecular formula is C37H42Cl2N3O6S+. The van der Waals surface area contributed by atoms with Gasteiger partial charge in [0.05, 0.1) is 24.3 Å². The molecule has 1 aromatic heterocycles. The van der Waals surface area contributed by atoms with Crippen molar-refractivity contribution >= 4 is 46.5 Å². The summed E-state index contributed by atoms with van der Waals surface area (Å²) in [5.41, 5.74) is 3.32. The minimum atomic E-state index is -0.702. The molecule has 3 atom stereocenters. The molecule has 1 unspecified atom stereocenters.